The first-order valence-corrected chi connectivity index (χ1v) is 5.97. The Bertz CT molecular complexity index is 430. The van der Waals surface area contributed by atoms with Gasteiger partial charge in [0.05, 0.1) is 12.8 Å². The van der Waals surface area contributed by atoms with Gasteiger partial charge in [-0.25, -0.2) is 0 Å². The maximum atomic E-state index is 8.85. The maximum absolute atomic E-state index is 8.85. The van der Waals surface area contributed by atoms with Crippen molar-refractivity contribution in [3.05, 3.63) is 23.8 Å². The second kappa shape index (κ2) is 6.14. The number of rotatable bonds is 5. The zero-order chi connectivity index (χ0) is 13.7. The van der Waals surface area contributed by atoms with Crippen molar-refractivity contribution in [2.45, 2.75) is 26.8 Å². The predicted molar refractivity (Wildman–Crippen MR) is 73.7 cm³/mol. The molecule has 0 aromatic heterocycles. The minimum absolute atomic E-state index is 0.103. The number of benzene rings is 1. The number of oxime groups is 1. The van der Waals surface area contributed by atoms with E-state index in [0.29, 0.717) is 11.6 Å². The van der Waals surface area contributed by atoms with Gasteiger partial charge >= 0.3 is 0 Å². The summed E-state index contributed by atoms with van der Waals surface area (Å²) in [5.74, 6) is 0.852. The first-order chi connectivity index (χ1) is 8.54. The Morgan fingerprint density at radius 1 is 1.50 bits per heavy atom. The third-order valence-corrected chi connectivity index (χ3v) is 2.86. The summed E-state index contributed by atoms with van der Waals surface area (Å²) in [6.45, 7) is 7.09. The van der Waals surface area contributed by atoms with E-state index in [4.69, 9.17) is 15.7 Å². The molecular formula is C13H21N3O2. The van der Waals surface area contributed by atoms with Crippen molar-refractivity contribution >= 4 is 11.5 Å². The van der Waals surface area contributed by atoms with E-state index in [9.17, 15) is 0 Å². The molecule has 0 aliphatic rings. The summed E-state index contributed by atoms with van der Waals surface area (Å²) in [6.07, 6.45) is 0. The fourth-order valence-electron chi connectivity index (χ4n) is 1.96. The monoisotopic (exact) mass is 251 g/mol. The molecule has 0 heterocycles. The number of hydrogen-bond donors (Lipinski definition) is 2. The highest BCUT2D eigenvalue weighted by Gasteiger charge is 2.16. The largest absolute Gasteiger partial charge is 0.497 e. The van der Waals surface area contributed by atoms with Crippen molar-refractivity contribution in [3.63, 3.8) is 0 Å². The number of hydrogen-bond acceptors (Lipinski definition) is 4. The van der Waals surface area contributed by atoms with Gasteiger partial charge in [-0.1, -0.05) is 5.16 Å². The lowest BCUT2D eigenvalue weighted by atomic mass is 10.1. The van der Waals surface area contributed by atoms with E-state index < -0.39 is 0 Å². The summed E-state index contributed by atoms with van der Waals surface area (Å²) in [4.78, 5) is 2.16. The highest BCUT2D eigenvalue weighted by Crippen LogP contribution is 2.27. The highest BCUT2D eigenvalue weighted by molar-refractivity contribution is 6.02. The Kier molecular flexibility index (Phi) is 4.83. The molecule has 0 fully saturated rings. The van der Waals surface area contributed by atoms with Crippen molar-refractivity contribution in [1.82, 2.24) is 0 Å². The molecule has 0 saturated carbocycles. The molecule has 1 rings (SSSR count). The molecule has 100 valence electrons. The molecule has 0 unspecified atom stereocenters. The fraction of sp³-hybridized carbons (Fsp3) is 0.462. The van der Waals surface area contributed by atoms with Crippen molar-refractivity contribution < 1.29 is 9.94 Å². The Balaban J connectivity index is 3.35. The average Bonchev–Trinajstić information content (AvgIpc) is 2.38. The van der Waals surface area contributed by atoms with Crippen LogP contribution in [0.1, 0.15) is 26.3 Å². The van der Waals surface area contributed by atoms with Gasteiger partial charge in [0, 0.05) is 24.2 Å². The van der Waals surface area contributed by atoms with Gasteiger partial charge in [0.1, 0.15) is 5.75 Å². The predicted octanol–water partition coefficient (Wildman–Crippen LogP) is 2.02. The zero-order valence-corrected chi connectivity index (χ0v) is 11.3. The summed E-state index contributed by atoms with van der Waals surface area (Å²) in [6, 6.07) is 5.81. The lowest BCUT2D eigenvalue weighted by Gasteiger charge is -2.29. The van der Waals surface area contributed by atoms with Gasteiger partial charge < -0.3 is 20.6 Å². The molecule has 0 bridgehead atoms. The summed E-state index contributed by atoms with van der Waals surface area (Å²) in [7, 11) is 1.62. The average molecular weight is 251 g/mol. The van der Waals surface area contributed by atoms with Gasteiger partial charge in [0.25, 0.3) is 0 Å². The Hall–Kier alpha value is -1.91. The van der Waals surface area contributed by atoms with Crippen LogP contribution in [-0.2, 0) is 0 Å². The van der Waals surface area contributed by atoms with E-state index in [1.165, 1.54) is 0 Å². The quantitative estimate of drug-likeness (QED) is 0.363. The summed E-state index contributed by atoms with van der Waals surface area (Å²) in [5.41, 5.74) is 7.32. The molecule has 1 aromatic carbocycles. The zero-order valence-electron chi connectivity index (χ0n) is 11.3. The number of anilines is 1. The van der Waals surface area contributed by atoms with Crippen molar-refractivity contribution in [2.75, 3.05) is 18.6 Å². The topological polar surface area (TPSA) is 71.1 Å². The molecular weight excluding hydrogens is 230 g/mol. The molecule has 0 aliphatic heterocycles. The molecule has 0 radical (unpaired) electrons. The normalized spacial score (nSPS) is 11.7. The van der Waals surface area contributed by atoms with E-state index >= 15 is 0 Å². The van der Waals surface area contributed by atoms with E-state index in [1.807, 2.05) is 6.07 Å². The van der Waals surface area contributed by atoms with Gasteiger partial charge in [0.15, 0.2) is 5.84 Å². The Morgan fingerprint density at radius 3 is 2.61 bits per heavy atom. The molecule has 0 spiro atoms. The van der Waals surface area contributed by atoms with E-state index in [1.54, 1.807) is 19.2 Å². The van der Waals surface area contributed by atoms with Crippen molar-refractivity contribution in [2.24, 2.45) is 10.9 Å². The summed E-state index contributed by atoms with van der Waals surface area (Å²) in [5, 5.41) is 11.9. The van der Waals surface area contributed by atoms with Crippen LogP contribution in [-0.4, -0.2) is 30.7 Å². The Labute approximate surface area is 108 Å². The van der Waals surface area contributed by atoms with Gasteiger partial charge in [-0.2, -0.15) is 0 Å². The third kappa shape index (κ3) is 2.85. The second-order valence-electron chi connectivity index (χ2n) is 4.25. The van der Waals surface area contributed by atoms with Crippen LogP contribution in [0.2, 0.25) is 0 Å². The molecule has 5 nitrogen and oxygen atoms in total. The van der Waals surface area contributed by atoms with Gasteiger partial charge in [-0.3, -0.25) is 0 Å². The van der Waals surface area contributed by atoms with Gasteiger partial charge in [-0.15, -0.1) is 0 Å². The van der Waals surface area contributed by atoms with E-state index in [-0.39, 0.29) is 5.84 Å². The molecule has 0 saturated heterocycles. The summed E-state index contributed by atoms with van der Waals surface area (Å²) >= 11 is 0. The van der Waals surface area contributed by atoms with E-state index in [0.717, 1.165) is 18.0 Å². The van der Waals surface area contributed by atoms with Crippen LogP contribution >= 0.6 is 0 Å². The standard InChI is InChI=1S/C13H21N3O2/c1-5-16(9(2)3)12-8-10(18-4)6-7-11(12)13(14)15-17/h6-9,17H,5H2,1-4H3,(H2,14,15). The number of ether oxygens (including phenoxy) is 1. The van der Waals surface area contributed by atoms with Crippen LogP contribution in [0.3, 0.4) is 0 Å². The minimum Gasteiger partial charge on any atom is -0.497 e. The molecule has 0 aliphatic carbocycles. The third-order valence-electron chi connectivity index (χ3n) is 2.86. The molecule has 18 heavy (non-hydrogen) atoms. The van der Waals surface area contributed by atoms with Crippen LogP contribution < -0.4 is 15.4 Å². The highest BCUT2D eigenvalue weighted by atomic mass is 16.5. The lowest BCUT2D eigenvalue weighted by molar-refractivity contribution is 0.318. The van der Waals surface area contributed by atoms with Gasteiger partial charge in [-0.05, 0) is 32.9 Å². The minimum atomic E-state index is 0.103. The van der Waals surface area contributed by atoms with E-state index in [2.05, 4.69) is 30.8 Å². The number of nitrogens with two attached hydrogens (primary N) is 1. The smallest absolute Gasteiger partial charge is 0.172 e. The molecule has 0 amide bonds. The molecule has 3 N–H and O–H groups in total. The van der Waals surface area contributed by atoms with Crippen LogP contribution in [0.25, 0.3) is 0 Å². The molecule has 5 heteroatoms. The summed E-state index contributed by atoms with van der Waals surface area (Å²) < 4.78 is 5.23. The number of amidine groups is 1. The van der Waals surface area contributed by atoms with Crippen LogP contribution in [0.15, 0.2) is 23.4 Å². The van der Waals surface area contributed by atoms with Crippen LogP contribution in [0, 0.1) is 0 Å². The molecule has 1 aromatic rings. The Morgan fingerprint density at radius 2 is 2.17 bits per heavy atom. The second-order valence-corrected chi connectivity index (χ2v) is 4.25. The van der Waals surface area contributed by atoms with Crippen molar-refractivity contribution in [3.8, 4) is 5.75 Å². The first-order valence-electron chi connectivity index (χ1n) is 5.97. The fourth-order valence-corrected chi connectivity index (χ4v) is 1.96. The lowest BCUT2D eigenvalue weighted by Crippen LogP contribution is -2.32. The van der Waals surface area contributed by atoms with Crippen LogP contribution in [0.4, 0.5) is 5.69 Å². The molecule has 0 atom stereocenters. The number of methoxy groups -OCH3 is 1. The first kappa shape index (κ1) is 14.2. The van der Waals surface area contributed by atoms with Crippen molar-refractivity contribution in [1.29, 1.82) is 0 Å². The SMILES string of the molecule is CCN(c1cc(OC)ccc1/C(N)=N/O)C(C)C. The maximum Gasteiger partial charge on any atom is 0.172 e. The van der Waals surface area contributed by atoms with Gasteiger partial charge in [0.2, 0.25) is 0 Å². The van der Waals surface area contributed by atoms with Crippen LogP contribution in [0.5, 0.6) is 5.75 Å². The number of nitrogens with zero attached hydrogens (tertiary/aromatic N) is 2.